The fourth-order valence-electron chi connectivity index (χ4n) is 1.34. The molecule has 0 unspecified atom stereocenters. The lowest BCUT2D eigenvalue weighted by atomic mass is 10.2. The van der Waals surface area contributed by atoms with E-state index in [4.69, 9.17) is 11.6 Å². The van der Waals surface area contributed by atoms with E-state index in [1.54, 1.807) is 12.1 Å². The van der Waals surface area contributed by atoms with Crippen LogP contribution in [0.1, 0.15) is 18.4 Å². The second-order valence-corrected chi connectivity index (χ2v) is 4.16. The minimum atomic E-state index is -0.376. The smallest absolute Gasteiger partial charge is 0.223 e. The van der Waals surface area contributed by atoms with Crippen LogP contribution in [0.2, 0.25) is 5.02 Å². The zero-order chi connectivity index (χ0) is 10.8. The molecule has 0 aliphatic heterocycles. The highest BCUT2D eigenvalue weighted by Crippen LogP contribution is 2.28. The van der Waals surface area contributed by atoms with Crippen LogP contribution >= 0.6 is 11.6 Å². The van der Waals surface area contributed by atoms with Gasteiger partial charge in [-0.25, -0.2) is 4.39 Å². The van der Waals surface area contributed by atoms with E-state index in [-0.39, 0.29) is 24.2 Å². The predicted molar refractivity (Wildman–Crippen MR) is 56.0 cm³/mol. The Bertz CT molecular complexity index is 390. The molecule has 1 N–H and O–H groups in total. The third kappa shape index (κ3) is 2.69. The Balaban J connectivity index is 1.95. The maximum absolute atomic E-state index is 13.3. The summed E-state index contributed by atoms with van der Waals surface area (Å²) in [5, 5.41) is 3.06. The molecule has 1 aliphatic carbocycles. The second kappa shape index (κ2) is 4.19. The Morgan fingerprint density at radius 3 is 2.87 bits per heavy atom. The summed E-state index contributed by atoms with van der Waals surface area (Å²) in [4.78, 5) is 11.3. The van der Waals surface area contributed by atoms with Gasteiger partial charge in [0.25, 0.3) is 0 Å². The lowest BCUT2D eigenvalue weighted by molar-refractivity contribution is -0.122. The number of carbonyl (C=O) groups excluding carboxylic acids is 1. The number of amides is 1. The fraction of sp³-hybridized carbons (Fsp3) is 0.364. The van der Waals surface area contributed by atoms with Crippen LogP contribution in [0.4, 0.5) is 4.39 Å². The van der Waals surface area contributed by atoms with Crippen molar-refractivity contribution < 1.29 is 9.18 Å². The lowest BCUT2D eigenvalue weighted by Crippen LogP contribution is -2.24. The van der Waals surface area contributed by atoms with E-state index in [1.807, 2.05) is 0 Å². The van der Waals surface area contributed by atoms with Gasteiger partial charge in [0.2, 0.25) is 5.91 Å². The standard InChI is InChI=1S/C11H11ClFNO/c12-9-4-3-8(10(13)5-9)6-14-11(15)7-1-2-7/h3-5,7H,1-2,6H2,(H,14,15). The molecule has 0 radical (unpaired) electrons. The zero-order valence-electron chi connectivity index (χ0n) is 8.09. The van der Waals surface area contributed by atoms with Crippen molar-refractivity contribution in [1.29, 1.82) is 0 Å². The molecule has 80 valence electrons. The van der Waals surface area contributed by atoms with Gasteiger partial charge in [0.05, 0.1) is 0 Å². The summed E-state index contributed by atoms with van der Waals surface area (Å²) in [6.07, 6.45) is 1.91. The van der Waals surface area contributed by atoms with Gasteiger partial charge in [0.1, 0.15) is 5.82 Å². The van der Waals surface area contributed by atoms with Crippen LogP contribution < -0.4 is 5.32 Å². The van der Waals surface area contributed by atoms with Crippen molar-refractivity contribution in [3.63, 3.8) is 0 Å². The monoisotopic (exact) mass is 227 g/mol. The van der Waals surface area contributed by atoms with E-state index >= 15 is 0 Å². The van der Waals surface area contributed by atoms with Gasteiger partial charge >= 0.3 is 0 Å². The SMILES string of the molecule is O=C(NCc1ccc(Cl)cc1F)C1CC1. The Morgan fingerprint density at radius 1 is 1.53 bits per heavy atom. The van der Waals surface area contributed by atoms with Crippen LogP contribution in [0.3, 0.4) is 0 Å². The third-order valence-electron chi connectivity index (χ3n) is 2.42. The van der Waals surface area contributed by atoms with E-state index in [1.165, 1.54) is 6.07 Å². The van der Waals surface area contributed by atoms with Gasteiger partial charge in [-0.05, 0) is 25.0 Å². The van der Waals surface area contributed by atoms with Crippen LogP contribution in [0.25, 0.3) is 0 Å². The first-order valence-electron chi connectivity index (χ1n) is 4.88. The summed E-state index contributed by atoms with van der Waals surface area (Å²) in [5.74, 6) is -0.205. The summed E-state index contributed by atoms with van der Waals surface area (Å²) in [7, 11) is 0. The van der Waals surface area contributed by atoms with E-state index in [0.29, 0.717) is 10.6 Å². The molecule has 0 spiro atoms. The number of hydrogen-bond donors (Lipinski definition) is 1. The topological polar surface area (TPSA) is 29.1 Å². The van der Waals surface area contributed by atoms with Crippen LogP contribution in [0.15, 0.2) is 18.2 Å². The lowest BCUT2D eigenvalue weighted by Gasteiger charge is -2.05. The van der Waals surface area contributed by atoms with Crippen LogP contribution in [0.5, 0.6) is 0 Å². The molecule has 1 aliphatic rings. The molecule has 1 fully saturated rings. The first-order valence-corrected chi connectivity index (χ1v) is 5.26. The largest absolute Gasteiger partial charge is 0.352 e. The van der Waals surface area contributed by atoms with Crippen molar-refractivity contribution in [2.75, 3.05) is 0 Å². The molecule has 0 atom stereocenters. The predicted octanol–water partition coefficient (Wildman–Crippen LogP) is 2.51. The molecule has 4 heteroatoms. The summed E-state index contributed by atoms with van der Waals surface area (Å²) >= 11 is 5.61. The van der Waals surface area contributed by atoms with Gasteiger partial charge in [0.15, 0.2) is 0 Å². The maximum Gasteiger partial charge on any atom is 0.223 e. The van der Waals surface area contributed by atoms with Gasteiger partial charge < -0.3 is 5.32 Å². The molecule has 15 heavy (non-hydrogen) atoms. The molecule has 0 heterocycles. The minimum absolute atomic E-state index is 0.0179. The Hall–Kier alpha value is -1.09. The van der Waals surface area contributed by atoms with E-state index in [0.717, 1.165) is 12.8 Å². The number of nitrogens with one attached hydrogen (secondary N) is 1. The van der Waals surface area contributed by atoms with Crippen molar-refractivity contribution in [2.45, 2.75) is 19.4 Å². The second-order valence-electron chi connectivity index (χ2n) is 3.73. The van der Waals surface area contributed by atoms with Crippen molar-refractivity contribution in [3.05, 3.63) is 34.6 Å². The van der Waals surface area contributed by atoms with Crippen molar-refractivity contribution >= 4 is 17.5 Å². The molecule has 2 rings (SSSR count). The average Bonchev–Trinajstić information content (AvgIpc) is 2.99. The molecule has 1 saturated carbocycles. The summed E-state index contributed by atoms with van der Waals surface area (Å²) in [6, 6.07) is 4.45. The number of benzene rings is 1. The summed E-state index contributed by atoms with van der Waals surface area (Å²) in [6.45, 7) is 0.234. The van der Waals surface area contributed by atoms with Gasteiger partial charge in [-0.3, -0.25) is 4.79 Å². The maximum atomic E-state index is 13.3. The summed E-state index contributed by atoms with van der Waals surface area (Å²) in [5.41, 5.74) is 0.466. The highest BCUT2D eigenvalue weighted by Gasteiger charge is 2.29. The zero-order valence-corrected chi connectivity index (χ0v) is 8.85. The molecular formula is C11H11ClFNO. The van der Waals surface area contributed by atoms with Crippen LogP contribution in [-0.2, 0) is 11.3 Å². The minimum Gasteiger partial charge on any atom is -0.352 e. The first-order chi connectivity index (χ1) is 7.16. The number of rotatable bonds is 3. The first kappa shape index (κ1) is 10.4. The Morgan fingerprint density at radius 2 is 2.27 bits per heavy atom. The quantitative estimate of drug-likeness (QED) is 0.845. The van der Waals surface area contributed by atoms with E-state index < -0.39 is 0 Å². The van der Waals surface area contributed by atoms with Crippen molar-refractivity contribution in [1.82, 2.24) is 5.32 Å². The number of hydrogen-bond acceptors (Lipinski definition) is 1. The normalized spacial score (nSPS) is 15.1. The summed E-state index contributed by atoms with van der Waals surface area (Å²) < 4.78 is 13.3. The third-order valence-corrected chi connectivity index (χ3v) is 2.65. The number of carbonyl (C=O) groups is 1. The molecular weight excluding hydrogens is 217 g/mol. The van der Waals surface area contributed by atoms with Gasteiger partial charge in [0, 0.05) is 23.0 Å². The Kier molecular flexibility index (Phi) is 2.91. The van der Waals surface area contributed by atoms with Crippen LogP contribution in [0, 0.1) is 11.7 Å². The molecule has 0 bridgehead atoms. The molecule has 0 saturated heterocycles. The molecule has 2 nitrogen and oxygen atoms in total. The van der Waals surface area contributed by atoms with Crippen molar-refractivity contribution in [2.24, 2.45) is 5.92 Å². The highest BCUT2D eigenvalue weighted by atomic mass is 35.5. The molecule has 1 aromatic rings. The highest BCUT2D eigenvalue weighted by molar-refractivity contribution is 6.30. The molecule has 1 aromatic carbocycles. The molecule has 0 aromatic heterocycles. The van der Waals surface area contributed by atoms with Gasteiger partial charge in [-0.15, -0.1) is 0 Å². The number of halogens is 2. The average molecular weight is 228 g/mol. The van der Waals surface area contributed by atoms with E-state index in [9.17, 15) is 9.18 Å². The fourth-order valence-corrected chi connectivity index (χ4v) is 1.50. The van der Waals surface area contributed by atoms with Gasteiger partial charge in [-0.1, -0.05) is 17.7 Å². The van der Waals surface area contributed by atoms with E-state index in [2.05, 4.69) is 5.32 Å². The Labute approximate surface area is 92.4 Å². The van der Waals surface area contributed by atoms with Gasteiger partial charge in [-0.2, -0.15) is 0 Å². The van der Waals surface area contributed by atoms with Crippen molar-refractivity contribution in [3.8, 4) is 0 Å². The van der Waals surface area contributed by atoms with Crippen LogP contribution in [-0.4, -0.2) is 5.91 Å². The molecule has 1 amide bonds.